The van der Waals surface area contributed by atoms with Gasteiger partial charge in [-0.15, -0.1) is 0 Å². The number of rotatable bonds is 5. The molecular weight excluding hydrogens is 348 g/mol. The summed E-state index contributed by atoms with van der Waals surface area (Å²) in [5.41, 5.74) is 3.46. The van der Waals surface area contributed by atoms with Gasteiger partial charge in [0.1, 0.15) is 5.75 Å². The van der Waals surface area contributed by atoms with Crippen LogP contribution in [0.2, 0.25) is 0 Å². The quantitative estimate of drug-likeness (QED) is 0.402. The summed E-state index contributed by atoms with van der Waals surface area (Å²) >= 11 is 0. The molecule has 28 heavy (non-hydrogen) atoms. The fourth-order valence-electron chi connectivity index (χ4n) is 3.05. The smallest absolute Gasteiger partial charge is 0.280 e. The van der Waals surface area contributed by atoms with Crippen LogP contribution in [0.15, 0.2) is 90.0 Å². The van der Waals surface area contributed by atoms with Crippen molar-refractivity contribution in [2.24, 2.45) is 5.10 Å². The number of fused-ring (bicyclic) bond motifs is 2. The maximum absolute atomic E-state index is 12.3. The number of hydrazone groups is 1. The van der Waals surface area contributed by atoms with Gasteiger partial charge < -0.3 is 4.74 Å². The molecule has 0 heterocycles. The summed E-state index contributed by atoms with van der Waals surface area (Å²) in [6.45, 7) is 1.70. The lowest BCUT2D eigenvalue weighted by Crippen LogP contribution is -2.33. The fraction of sp³-hybridized carbons (Fsp3) is 0.0833. The van der Waals surface area contributed by atoms with E-state index in [9.17, 15) is 4.79 Å². The molecule has 4 heteroatoms. The Kier molecular flexibility index (Phi) is 5.02. The molecule has 1 atom stereocenters. The molecular formula is C24H20N2O2. The number of amides is 1. The number of hydrogen-bond acceptors (Lipinski definition) is 3. The van der Waals surface area contributed by atoms with Crippen LogP contribution in [-0.4, -0.2) is 18.2 Å². The maximum Gasteiger partial charge on any atom is 0.280 e. The van der Waals surface area contributed by atoms with E-state index in [2.05, 4.69) is 16.6 Å². The molecule has 0 aromatic heterocycles. The predicted molar refractivity (Wildman–Crippen MR) is 114 cm³/mol. The van der Waals surface area contributed by atoms with Gasteiger partial charge in [-0.05, 0) is 52.2 Å². The van der Waals surface area contributed by atoms with Crippen LogP contribution in [0.4, 0.5) is 0 Å². The molecule has 0 aliphatic carbocycles. The number of carbonyl (C=O) groups excluding carboxylic acids is 1. The third kappa shape index (κ3) is 4.01. The first-order chi connectivity index (χ1) is 13.7. The molecule has 4 aromatic carbocycles. The van der Waals surface area contributed by atoms with Crippen LogP contribution >= 0.6 is 0 Å². The van der Waals surface area contributed by atoms with E-state index in [0.29, 0.717) is 5.75 Å². The van der Waals surface area contributed by atoms with Gasteiger partial charge in [0.2, 0.25) is 0 Å². The molecule has 0 saturated carbocycles. The summed E-state index contributed by atoms with van der Waals surface area (Å²) < 4.78 is 5.76. The Morgan fingerprint density at radius 1 is 0.857 bits per heavy atom. The van der Waals surface area contributed by atoms with E-state index in [-0.39, 0.29) is 5.91 Å². The van der Waals surface area contributed by atoms with Gasteiger partial charge in [0.05, 0.1) is 6.21 Å². The van der Waals surface area contributed by atoms with E-state index in [0.717, 1.165) is 21.7 Å². The van der Waals surface area contributed by atoms with Gasteiger partial charge in [0.15, 0.2) is 6.10 Å². The van der Waals surface area contributed by atoms with Gasteiger partial charge in [-0.25, -0.2) is 5.43 Å². The number of ether oxygens (including phenoxy) is 1. The molecule has 0 spiro atoms. The Morgan fingerprint density at radius 3 is 2.18 bits per heavy atom. The number of benzene rings is 4. The van der Waals surface area contributed by atoms with Gasteiger partial charge in [-0.3, -0.25) is 4.79 Å². The molecule has 0 radical (unpaired) electrons. The number of carbonyl (C=O) groups is 1. The first-order valence-corrected chi connectivity index (χ1v) is 9.16. The summed E-state index contributed by atoms with van der Waals surface area (Å²) in [6, 6.07) is 27.9. The molecule has 1 unspecified atom stereocenters. The van der Waals surface area contributed by atoms with Crippen LogP contribution in [0, 0.1) is 0 Å². The largest absolute Gasteiger partial charge is 0.481 e. The summed E-state index contributed by atoms with van der Waals surface area (Å²) in [5, 5.41) is 8.56. The van der Waals surface area contributed by atoms with Crippen molar-refractivity contribution in [3.8, 4) is 5.75 Å². The van der Waals surface area contributed by atoms with E-state index in [4.69, 9.17) is 4.74 Å². The third-order valence-corrected chi connectivity index (χ3v) is 4.56. The Morgan fingerprint density at radius 2 is 1.46 bits per heavy atom. The average Bonchev–Trinajstić information content (AvgIpc) is 2.73. The zero-order chi connectivity index (χ0) is 19.3. The van der Waals surface area contributed by atoms with Crippen molar-refractivity contribution in [2.45, 2.75) is 13.0 Å². The highest BCUT2D eigenvalue weighted by Gasteiger charge is 2.14. The molecule has 4 aromatic rings. The minimum Gasteiger partial charge on any atom is -0.481 e. The van der Waals surface area contributed by atoms with Gasteiger partial charge in [-0.2, -0.15) is 5.10 Å². The zero-order valence-electron chi connectivity index (χ0n) is 15.5. The molecule has 0 aliphatic rings. The fourth-order valence-corrected chi connectivity index (χ4v) is 3.05. The van der Waals surface area contributed by atoms with Crippen LogP contribution in [0.1, 0.15) is 12.5 Å². The molecule has 138 valence electrons. The van der Waals surface area contributed by atoms with E-state index >= 15 is 0 Å². The molecule has 0 saturated heterocycles. The SMILES string of the molecule is CC(Oc1ccc2ccccc2c1)C(=O)N/N=C/c1ccc2ccccc2c1. The van der Waals surface area contributed by atoms with Gasteiger partial charge in [-0.1, -0.05) is 66.7 Å². The van der Waals surface area contributed by atoms with Crippen LogP contribution < -0.4 is 10.2 Å². The summed E-state index contributed by atoms with van der Waals surface area (Å²) in [4.78, 5) is 12.3. The molecule has 4 nitrogen and oxygen atoms in total. The number of hydrogen-bond donors (Lipinski definition) is 1. The van der Waals surface area contributed by atoms with Crippen molar-refractivity contribution in [1.29, 1.82) is 0 Å². The zero-order valence-corrected chi connectivity index (χ0v) is 15.5. The number of nitrogens with zero attached hydrogens (tertiary/aromatic N) is 1. The molecule has 0 aliphatic heterocycles. The molecule has 4 rings (SSSR count). The highest BCUT2D eigenvalue weighted by Crippen LogP contribution is 2.21. The molecule has 1 N–H and O–H groups in total. The van der Waals surface area contributed by atoms with E-state index < -0.39 is 6.10 Å². The topological polar surface area (TPSA) is 50.7 Å². The maximum atomic E-state index is 12.3. The molecule has 1 amide bonds. The van der Waals surface area contributed by atoms with Crippen molar-refractivity contribution in [3.63, 3.8) is 0 Å². The van der Waals surface area contributed by atoms with Crippen LogP contribution in [-0.2, 0) is 4.79 Å². The molecule has 0 fully saturated rings. The Labute approximate surface area is 163 Å². The van der Waals surface area contributed by atoms with Crippen molar-refractivity contribution in [3.05, 3.63) is 90.5 Å². The summed E-state index contributed by atoms with van der Waals surface area (Å²) in [7, 11) is 0. The van der Waals surface area contributed by atoms with Gasteiger partial charge in [0.25, 0.3) is 5.91 Å². The van der Waals surface area contributed by atoms with Crippen molar-refractivity contribution < 1.29 is 9.53 Å². The first kappa shape index (κ1) is 17.7. The van der Waals surface area contributed by atoms with Gasteiger partial charge in [0, 0.05) is 0 Å². The second-order valence-corrected chi connectivity index (χ2v) is 6.61. The second-order valence-electron chi connectivity index (χ2n) is 6.61. The Hall–Kier alpha value is -3.66. The van der Waals surface area contributed by atoms with Crippen LogP contribution in [0.3, 0.4) is 0 Å². The lowest BCUT2D eigenvalue weighted by atomic mass is 10.1. The monoisotopic (exact) mass is 368 g/mol. The molecule has 0 bridgehead atoms. The normalized spacial score (nSPS) is 12.3. The van der Waals surface area contributed by atoms with Crippen LogP contribution in [0.25, 0.3) is 21.5 Å². The highest BCUT2D eigenvalue weighted by atomic mass is 16.5. The average molecular weight is 368 g/mol. The minimum absolute atomic E-state index is 0.301. The Bertz CT molecular complexity index is 1170. The van der Waals surface area contributed by atoms with E-state index in [1.54, 1.807) is 13.1 Å². The second kappa shape index (κ2) is 7.92. The van der Waals surface area contributed by atoms with Crippen molar-refractivity contribution in [2.75, 3.05) is 0 Å². The third-order valence-electron chi connectivity index (χ3n) is 4.56. The Balaban J connectivity index is 1.38. The van der Waals surface area contributed by atoms with E-state index in [1.807, 2.05) is 78.9 Å². The van der Waals surface area contributed by atoms with E-state index in [1.165, 1.54) is 5.39 Å². The lowest BCUT2D eigenvalue weighted by Gasteiger charge is -2.13. The summed E-state index contributed by atoms with van der Waals surface area (Å²) in [5.74, 6) is 0.352. The highest BCUT2D eigenvalue weighted by molar-refractivity contribution is 5.91. The predicted octanol–water partition coefficient (Wildman–Crippen LogP) is 4.91. The van der Waals surface area contributed by atoms with Gasteiger partial charge >= 0.3 is 0 Å². The lowest BCUT2D eigenvalue weighted by molar-refractivity contribution is -0.127. The van der Waals surface area contributed by atoms with Crippen molar-refractivity contribution in [1.82, 2.24) is 5.43 Å². The van der Waals surface area contributed by atoms with Crippen molar-refractivity contribution >= 4 is 33.7 Å². The standard InChI is InChI=1S/C24H20N2O2/c1-17(28-23-13-12-20-7-3-5-9-22(20)15-23)24(27)26-25-16-18-10-11-19-6-2-4-8-21(19)14-18/h2-17H,1H3,(H,26,27)/b25-16+. The summed E-state index contributed by atoms with van der Waals surface area (Å²) in [6.07, 6.45) is 0.975. The van der Waals surface area contributed by atoms with Crippen LogP contribution in [0.5, 0.6) is 5.75 Å². The number of nitrogens with one attached hydrogen (secondary N) is 1. The minimum atomic E-state index is -0.657. The first-order valence-electron chi connectivity index (χ1n) is 9.16.